The van der Waals surface area contributed by atoms with Crippen molar-refractivity contribution in [3.8, 4) is 12.3 Å². The zero-order valence-electron chi connectivity index (χ0n) is 11.0. The average molecular weight is 362 g/mol. The van der Waals surface area contributed by atoms with Gasteiger partial charge in [-0.2, -0.15) is 0 Å². The average Bonchev–Trinajstić information content (AvgIpc) is 3.08. The van der Waals surface area contributed by atoms with Gasteiger partial charge in [0.05, 0.1) is 0 Å². The Morgan fingerprint density at radius 2 is 2.22 bits per heavy atom. The van der Waals surface area contributed by atoms with Crippen LogP contribution in [0.3, 0.4) is 0 Å². The standard InChI is InChI=1S/C13H22N4.HI/c1-3-8-15-13(14-4-2)16-11-7-9-17(10-11)12-5-6-12;/h1,11-12H,4-10H2,2H3,(H2,14,15,16);1H. The van der Waals surface area contributed by atoms with E-state index < -0.39 is 0 Å². The van der Waals surface area contributed by atoms with Crippen LogP contribution in [0.1, 0.15) is 26.2 Å². The highest BCUT2D eigenvalue weighted by molar-refractivity contribution is 14.0. The fraction of sp³-hybridized carbons (Fsp3) is 0.769. The maximum Gasteiger partial charge on any atom is 0.192 e. The van der Waals surface area contributed by atoms with E-state index in [1.165, 1.54) is 25.8 Å². The number of nitrogens with zero attached hydrogens (tertiary/aromatic N) is 2. The summed E-state index contributed by atoms with van der Waals surface area (Å²) in [6.45, 7) is 5.74. The van der Waals surface area contributed by atoms with E-state index in [0.29, 0.717) is 12.6 Å². The summed E-state index contributed by atoms with van der Waals surface area (Å²) in [7, 11) is 0. The van der Waals surface area contributed by atoms with Gasteiger partial charge in [-0.15, -0.1) is 30.4 Å². The summed E-state index contributed by atoms with van der Waals surface area (Å²) in [4.78, 5) is 6.91. The number of likely N-dealkylation sites (tertiary alicyclic amines) is 1. The summed E-state index contributed by atoms with van der Waals surface area (Å²) in [5.41, 5.74) is 0. The van der Waals surface area contributed by atoms with Crippen molar-refractivity contribution in [1.29, 1.82) is 0 Å². The van der Waals surface area contributed by atoms with E-state index in [2.05, 4.69) is 33.4 Å². The molecule has 1 unspecified atom stereocenters. The van der Waals surface area contributed by atoms with Crippen LogP contribution in [-0.4, -0.2) is 49.1 Å². The number of terminal acetylenes is 1. The molecule has 4 nitrogen and oxygen atoms in total. The molecule has 1 heterocycles. The lowest BCUT2D eigenvalue weighted by atomic mass is 10.3. The molecule has 0 bridgehead atoms. The minimum absolute atomic E-state index is 0. The van der Waals surface area contributed by atoms with Crippen LogP contribution in [0.25, 0.3) is 0 Å². The van der Waals surface area contributed by atoms with Gasteiger partial charge in [-0.1, -0.05) is 5.92 Å². The molecule has 102 valence electrons. The van der Waals surface area contributed by atoms with Gasteiger partial charge < -0.3 is 10.6 Å². The predicted molar refractivity (Wildman–Crippen MR) is 86.4 cm³/mol. The van der Waals surface area contributed by atoms with Gasteiger partial charge in [0, 0.05) is 31.7 Å². The maximum atomic E-state index is 5.23. The Morgan fingerprint density at radius 3 is 2.83 bits per heavy atom. The van der Waals surface area contributed by atoms with Gasteiger partial charge in [-0.25, -0.2) is 4.99 Å². The van der Waals surface area contributed by atoms with Crippen LogP contribution in [0.4, 0.5) is 0 Å². The minimum Gasteiger partial charge on any atom is -0.357 e. The molecule has 0 aromatic rings. The third-order valence-electron chi connectivity index (χ3n) is 3.30. The Kier molecular flexibility index (Phi) is 6.79. The number of rotatable bonds is 4. The molecular formula is C13H23IN4. The second-order valence-electron chi connectivity index (χ2n) is 4.76. The fourth-order valence-electron chi connectivity index (χ4n) is 2.31. The molecule has 0 radical (unpaired) electrons. The second kappa shape index (κ2) is 7.85. The molecule has 0 amide bonds. The lowest BCUT2D eigenvalue weighted by Crippen LogP contribution is -2.44. The molecule has 0 aromatic carbocycles. The topological polar surface area (TPSA) is 39.7 Å². The SMILES string of the molecule is C#CCN=C(NCC)NC1CCN(C2CC2)C1.I. The number of hydrogen-bond donors (Lipinski definition) is 2. The molecule has 2 fully saturated rings. The van der Waals surface area contributed by atoms with Crippen LogP contribution < -0.4 is 10.6 Å². The molecule has 1 saturated carbocycles. The van der Waals surface area contributed by atoms with Gasteiger partial charge in [-0.05, 0) is 26.2 Å². The van der Waals surface area contributed by atoms with Gasteiger partial charge >= 0.3 is 0 Å². The van der Waals surface area contributed by atoms with Crippen LogP contribution >= 0.6 is 24.0 Å². The van der Waals surface area contributed by atoms with Gasteiger partial charge in [0.1, 0.15) is 6.54 Å². The maximum absolute atomic E-state index is 5.23. The highest BCUT2D eigenvalue weighted by atomic mass is 127. The zero-order valence-corrected chi connectivity index (χ0v) is 13.3. The van der Waals surface area contributed by atoms with Crippen molar-refractivity contribution in [3.63, 3.8) is 0 Å². The molecule has 2 N–H and O–H groups in total. The summed E-state index contributed by atoms with van der Waals surface area (Å²) in [5.74, 6) is 3.40. The molecule has 1 saturated heterocycles. The fourth-order valence-corrected chi connectivity index (χ4v) is 2.31. The summed E-state index contributed by atoms with van der Waals surface area (Å²) >= 11 is 0. The molecule has 1 atom stereocenters. The van der Waals surface area contributed by atoms with E-state index in [4.69, 9.17) is 6.42 Å². The lowest BCUT2D eigenvalue weighted by molar-refractivity contribution is 0.321. The Morgan fingerprint density at radius 1 is 1.44 bits per heavy atom. The van der Waals surface area contributed by atoms with Gasteiger partial charge in [0.2, 0.25) is 0 Å². The number of hydrogen-bond acceptors (Lipinski definition) is 2. The highest BCUT2D eigenvalue weighted by Gasteiger charge is 2.34. The van der Waals surface area contributed by atoms with E-state index in [0.717, 1.165) is 25.1 Å². The van der Waals surface area contributed by atoms with Crippen LogP contribution in [0, 0.1) is 12.3 Å². The normalized spacial score (nSPS) is 24.2. The third-order valence-corrected chi connectivity index (χ3v) is 3.30. The number of nitrogens with one attached hydrogen (secondary N) is 2. The largest absolute Gasteiger partial charge is 0.357 e. The molecule has 0 spiro atoms. The number of halogens is 1. The van der Waals surface area contributed by atoms with Gasteiger partial charge in [0.25, 0.3) is 0 Å². The lowest BCUT2D eigenvalue weighted by Gasteiger charge is -2.18. The molecule has 18 heavy (non-hydrogen) atoms. The molecule has 0 aromatic heterocycles. The summed E-state index contributed by atoms with van der Waals surface area (Å²) in [5, 5.41) is 6.69. The monoisotopic (exact) mass is 362 g/mol. The van der Waals surface area contributed by atoms with Crippen molar-refractivity contribution >= 4 is 29.9 Å². The quantitative estimate of drug-likeness (QED) is 0.340. The van der Waals surface area contributed by atoms with Gasteiger partial charge in [-0.3, -0.25) is 4.90 Å². The smallest absolute Gasteiger partial charge is 0.192 e. The van der Waals surface area contributed by atoms with E-state index >= 15 is 0 Å². The van der Waals surface area contributed by atoms with Crippen molar-refractivity contribution in [2.75, 3.05) is 26.2 Å². The van der Waals surface area contributed by atoms with Crippen LogP contribution in [0.5, 0.6) is 0 Å². The first-order valence-electron chi connectivity index (χ1n) is 6.56. The zero-order chi connectivity index (χ0) is 12.1. The van der Waals surface area contributed by atoms with Crippen LogP contribution in [-0.2, 0) is 0 Å². The first-order valence-corrected chi connectivity index (χ1v) is 6.56. The second-order valence-corrected chi connectivity index (χ2v) is 4.76. The van der Waals surface area contributed by atoms with E-state index in [1.807, 2.05) is 0 Å². The highest BCUT2D eigenvalue weighted by Crippen LogP contribution is 2.29. The Bertz CT molecular complexity index is 319. The third kappa shape index (κ3) is 4.65. The summed E-state index contributed by atoms with van der Waals surface area (Å²) < 4.78 is 0. The van der Waals surface area contributed by atoms with Crippen molar-refractivity contribution < 1.29 is 0 Å². The number of guanidine groups is 1. The van der Waals surface area contributed by atoms with Gasteiger partial charge in [0.15, 0.2) is 5.96 Å². The number of aliphatic imine (C=N–C) groups is 1. The Balaban J connectivity index is 0.00000162. The summed E-state index contributed by atoms with van der Waals surface area (Å²) in [6, 6.07) is 1.39. The molecule has 2 aliphatic rings. The van der Waals surface area contributed by atoms with Crippen LogP contribution in [0.2, 0.25) is 0 Å². The molecule has 1 aliphatic carbocycles. The van der Waals surface area contributed by atoms with Crippen molar-refractivity contribution in [3.05, 3.63) is 0 Å². The van der Waals surface area contributed by atoms with Crippen molar-refractivity contribution in [2.45, 2.75) is 38.3 Å². The van der Waals surface area contributed by atoms with E-state index in [9.17, 15) is 0 Å². The van der Waals surface area contributed by atoms with Crippen LogP contribution in [0.15, 0.2) is 4.99 Å². The molecule has 2 rings (SSSR count). The first-order chi connectivity index (χ1) is 8.33. The van der Waals surface area contributed by atoms with Crippen molar-refractivity contribution in [1.82, 2.24) is 15.5 Å². The summed E-state index contributed by atoms with van der Waals surface area (Å²) in [6.07, 6.45) is 9.21. The molecular weight excluding hydrogens is 339 g/mol. The van der Waals surface area contributed by atoms with E-state index in [-0.39, 0.29) is 24.0 Å². The molecule has 5 heteroatoms. The Labute approximate surface area is 127 Å². The molecule has 1 aliphatic heterocycles. The Hall–Kier alpha value is -0.480. The predicted octanol–water partition coefficient (Wildman–Crippen LogP) is 1.03. The van der Waals surface area contributed by atoms with Crippen molar-refractivity contribution in [2.24, 2.45) is 4.99 Å². The van der Waals surface area contributed by atoms with E-state index in [1.54, 1.807) is 0 Å². The first kappa shape index (κ1) is 15.6. The minimum atomic E-state index is 0.